The highest BCUT2D eigenvalue weighted by molar-refractivity contribution is 5.81. The van der Waals surface area contributed by atoms with Gasteiger partial charge in [0, 0.05) is 10.8 Å². The van der Waals surface area contributed by atoms with Gasteiger partial charge in [-0.25, -0.2) is 0 Å². The number of anilines is 1. The number of hydrogen-bond acceptors (Lipinski definition) is 4. The molecule has 4 nitrogen and oxygen atoms in total. The molecule has 0 unspecified atom stereocenters. The first-order valence-electron chi connectivity index (χ1n) is 6.86. The van der Waals surface area contributed by atoms with Gasteiger partial charge in [0.2, 0.25) is 0 Å². The second-order valence-electron chi connectivity index (χ2n) is 4.85. The van der Waals surface area contributed by atoms with Gasteiger partial charge >= 0.3 is 0 Å². The van der Waals surface area contributed by atoms with Crippen molar-refractivity contribution in [1.29, 1.82) is 0 Å². The van der Waals surface area contributed by atoms with Crippen LogP contribution < -0.4 is 5.73 Å². The Balaban J connectivity index is 0.000000131. The van der Waals surface area contributed by atoms with Crippen LogP contribution in [0, 0.1) is 0 Å². The van der Waals surface area contributed by atoms with Crippen LogP contribution in [0.25, 0.3) is 21.8 Å². The minimum atomic E-state index is 0.212. The fourth-order valence-corrected chi connectivity index (χ4v) is 2.15. The third-order valence-electron chi connectivity index (χ3n) is 3.19. The van der Waals surface area contributed by atoms with E-state index in [1.54, 1.807) is 12.3 Å². The van der Waals surface area contributed by atoms with Crippen LogP contribution in [-0.4, -0.2) is 15.1 Å². The van der Waals surface area contributed by atoms with Crippen LogP contribution >= 0.6 is 0 Å². The number of aromatic nitrogens is 2. The molecule has 0 aliphatic carbocycles. The van der Waals surface area contributed by atoms with Gasteiger partial charge < -0.3 is 10.8 Å². The molecule has 0 saturated heterocycles. The predicted octanol–water partition coefficient (Wildman–Crippen LogP) is 3.76. The summed E-state index contributed by atoms with van der Waals surface area (Å²) in [6.07, 6.45) is 3.12. The number of pyridine rings is 2. The quantitative estimate of drug-likeness (QED) is 0.517. The highest BCUT2D eigenvalue weighted by Gasteiger charge is 1.93. The molecule has 0 aliphatic rings. The van der Waals surface area contributed by atoms with E-state index in [-0.39, 0.29) is 5.75 Å². The van der Waals surface area contributed by atoms with Crippen LogP contribution in [0.15, 0.2) is 73.1 Å². The lowest BCUT2D eigenvalue weighted by Crippen LogP contribution is -1.85. The summed E-state index contributed by atoms with van der Waals surface area (Å²) < 4.78 is 0. The Morgan fingerprint density at radius 3 is 1.95 bits per heavy atom. The summed E-state index contributed by atoms with van der Waals surface area (Å²) >= 11 is 0. The van der Waals surface area contributed by atoms with E-state index in [0.29, 0.717) is 5.69 Å². The third-order valence-corrected chi connectivity index (χ3v) is 3.19. The minimum absolute atomic E-state index is 0.212. The molecule has 4 rings (SSSR count). The van der Waals surface area contributed by atoms with Crippen molar-refractivity contribution in [3.63, 3.8) is 0 Å². The van der Waals surface area contributed by atoms with Gasteiger partial charge in [-0.1, -0.05) is 36.4 Å². The molecule has 0 saturated carbocycles. The van der Waals surface area contributed by atoms with Crippen LogP contribution in [0.4, 0.5) is 5.69 Å². The van der Waals surface area contributed by atoms with Gasteiger partial charge in [-0.05, 0) is 24.3 Å². The van der Waals surface area contributed by atoms with Gasteiger partial charge in [-0.15, -0.1) is 0 Å². The number of benzene rings is 2. The number of rotatable bonds is 0. The molecule has 3 N–H and O–H groups in total. The van der Waals surface area contributed by atoms with Crippen molar-refractivity contribution < 1.29 is 5.11 Å². The summed E-state index contributed by atoms with van der Waals surface area (Å²) in [7, 11) is 0. The molecule has 2 aromatic heterocycles. The summed E-state index contributed by atoms with van der Waals surface area (Å²) in [5.41, 5.74) is 8.17. The van der Waals surface area contributed by atoms with Crippen molar-refractivity contribution >= 4 is 27.5 Å². The van der Waals surface area contributed by atoms with E-state index in [1.165, 1.54) is 6.20 Å². The number of hydrogen-bond donors (Lipinski definition) is 2. The maximum Gasteiger partial charge on any atom is 0.134 e. The van der Waals surface area contributed by atoms with Crippen LogP contribution in [0.5, 0.6) is 5.75 Å². The highest BCUT2D eigenvalue weighted by atomic mass is 16.3. The summed E-state index contributed by atoms with van der Waals surface area (Å²) in [4.78, 5) is 8.19. The van der Waals surface area contributed by atoms with E-state index in [4.69, 9.17) is 10.8 Å². The fourth-order valence-electron chi connectivity index (χ4n) is 2.15. The SMILES string of the molecule is Nc1cnc2ccccc2c1.Oc1cnc2ccccc2c1. The molecule has 0 radical (unpaired) electrons. The molecule has 108 valence electrons. The molecular formula is C18H15N3O. The monoisotopic (exact) mass is 289 g/mol. The normalized spacial score (nSPS) is 10.2. The maximum atomic E-state index is 9.07. The molecule has 22 heavy (non-hydrogen) atoms. The topological polar surface area (TPSA) is 72.0 Å². The van der Waals surface area contributed by atoms with Gasteiger partial charge in [0.25, 0.3) is 0 Å². The highest BCUT2D eigenvalue weighted by Crippen LogP contribution is 2.15. The summed E-state index contributed by atoms with van der Waals surface area (Å²) in [5, 5.41) is 11.1. The molecule has 0 fully saturated rings. The molecule has 2 heterocycles. The Kier molecular flexibility index (Phi) is 3.83. The van der Waals surface area contributed by atoms with Gasteiger partial charge in [0.05, 0.1) is 29.1 Å². The Morgan fingerprint density at radius 2 is 1.27 bits per heavy atom. The number of nitrogens with zero attached hydrogens (tertiary/aromatic N) is 2. The van der Waals surface area contributed by atoms with Crippen LogP contribution in [-0.2, 0) is 0 Å². The van der Waals surface area contributed by atoms with Gasteiger partial charge in [-0.2, -0.15) is 0 Å². The van der Waals surface area contributed by atoms with Gasteiger partial charge in [-0.3, -0.25) is 9.97 Å². The Labute approximate surface area is 127 Å². The minimum Gasteiger partial charge on any atom is -0.506 e. The zero-order valence-corrected chi connectivity index (χ0v) is 11.8. The molecule has 0 aliphatic heterocycles. The molecule has 4 heteroatoms. The first-order valence-corrected chi connectivity index (χ1v) is 6.86. The lowest BCUT2D eigenvalue weighted by atomic mass is 10.2. The van der Waals surface area contributed by atoms with Crippen molar-refractivity contribution in [3.8, 4) is 5.75 Å². The van der Waals surface area contributed by atoms with Gasteiger partial charge in [0.15, 0.2) is 0 Å². The molecule has 2 aromatic carbocycles. The number of para-hydroxylation sites is 2. The zero-order valence-electron chi connectivity index (χ0n) is 11.8. The second kappa shape index (κ2) is 6.10. The first-order chi connectivity index (χ1) is 10.7. The van der Waals surface area contributed by atoms with Crippen molar-refractivity contribution in [1.82, 2.24) is 9.97 Å². The summed E-state index contributed by atoms with van der Waals surface area (Å²) in [5.74, 6) is 0.212. The molecule has 0 atom stereocenters. The number of nitrogens with two attached hydrogens (primary N) is 1. The van der Waals surface area contributed by atoms with E-state index >= 15 is 0 Å². The second-order valence-corrected chi connectivity index (χ2v) is 4.85. The van der Waals surface area contributed by atoms with Crippen LogP contribution in [0.2, 0.25) is 0 Å². The Bertz CT molecular complexity index is 844. The molecule has 0 amide bonds. The Morgan fingerprint density at radius 1 is 0.727 bits per heavy atom. The van der Waals surface area contributed by atoms with Crippen molar-refractivity contribution in [3.05, 3.63) is 73.1 Å². The van der Waals surface area contributed by atoms with Crippen LogP contribution in [0.3, 0.4) is 0 Å². The summed E-state index contributed by atoms with van der Waals surface area (Å²) in [6.45, 7) is 0. The van der Waals surface area contributed by atoms with Gasteiger partial charge in [0.1, 0.15) is 5.75 Å². The van der Waals surface area contributed by atoms with Crippen LogP contribution in [0.1, 0.15) is 0 Å². The average molecular weight is 289 g/mol. The van der Waals surface area contributed by atoms with E-state index in [9.17, 15) is 0 Å². The standard InChI is InChI=1S/C9H8N2.C9H7NO/c10-8-5-7-3-1-2-4-9(7)11-6-8;11-8-5-7-3-1-2-4-9(7)10-6-8/h1-6H,10H2;1-6,11H. The number of aromatic hydroxyl groups is 1. The zero-order chi connectivity index (χ0) is 15.4. The fraction of sp³-hybridized carbons (Fsp3) is 0. The molecule has 4 aromatic rings. The number of nitrogen functional groups attached to an aromatic ring is 1. The predicted molar refractivity (Wildman–Crippen MR) is 89.6 cm³/mol. The third kappa shape index (κ3) is 3.12. The largest absolute Gasteiger partial charge is 0.506 e. The summed E-state index contributed by atoms with van der Waals surface area (Å²) in [6, 6.07) is 19.2. The molecule has 0 bridgehead atoms. The van der Waals surface area contributed by atoms with E-state index in [0.717, 1.165) is 21.8 Å². The maximum absolute atomic E-state index is 9.07. The van der Waals surface area contributed by atoms with Crippen molar-refractivity contribution in [2.75, 3.05) is 5.73 Å². The molecular weight excluding hydrogens is 274 g/mol. The van der Waals surface area contributed by atoms with Crippen molar-refractivity contribution in [2.24, 2.45) is 0 Å². The van der Waals surface area contributed by atoms with Crippen molar-refractivity contribution in [2.45, 2.75) is 0 Å². The molecule has 0 spiro atoms. The lowest BCUT2D eigenvalue weighted by molar-refractivity contribution is 0.474. The van der Waals surface area contributed by atoms with E-state index in [2.05, 4.69) is 9.97 Å². The first kappa shape index (κ1) is 13.8. The van der Waals surface area contributed by atoms with E-state index < -0.39 is 0 Å². The number of fused-ring (bicyclic) bond motifs is 2. The average Bonchev–Trinajstić information content (AvgIpc) is 2.55. The lowest BCUT2D eigenvalue weighted by Gasteiger charge is -1.95. The smallest absolute Gasteiger partial charge is 0.134 e. The van der Waals surface area contributed by atoms with E-state index in [1.807, 2.05) is 54.6 Å². The Hall–Kier alpha value is -3.14.